The van der Waals surface area contributed by atoms with Crippen LogP contribution in [0.25, 0.3) is 11.4 Å². The SMILES string of the molecule is CCC(C(=O)NCCNC)n1nnc(-c2ccc(Cl)cc2)n1.Cl. The minimum Gasteiger partial charge on any atom is -0.353 e. The van der Waals surface area contributed by atoms with Crippen LogP contribution in [0.4, 0.5) is 0 Å². The molecule has 2 N–H and O–H groups in total. The zero-order valence-corrected chi connectivity index (χ0v) is 14.6. The highest BCUT2D eigenvalue weighted by atomic mass is 35.5. The third-order valence-corrected chi connectivity index (χ3v) is 3.43. The van der Waals surface area contributed by atoms with Gasteiger partial charge in [-0.05, 0) is 42.9 Å². The second-order valence-corrected chi connectivity index (χ2v) is 5.20. The topological polar surface area (TPSA) is 84.7 Å². The van der Waals surface area contributed by atoms with Crippen LogP contribution in [0.1, 0.15) is 19.4 Å². The van der Waals surface area contributed by atoms with Crippen molar-refractivity contribution in [3.8, 4) is 11.4 Å². The average Bonchev–Trinajstić information content (AvgIpc) is 2.98. The molecule has 126 valence electrons. The lowest BCUT2D eigenvalue weighted by Crippen LogP contribution is -2.36. The van der Waals surface area contributed by atoms with Gasteiger partial charge in [0, 0.05) is 23.7 Å². The molecule has 0 aliphatic carbocycles. The molecule has 0 saturated carbocycles. The van der Waals surface area contributed by atoms with E-state index in [9.17, 15) is 4.79 Å². The highest BCUT2D eigenvalue weighted by molar-refractivity contribution is 6.30. The number of amides is 1. The van der Waals surface area contributed by atoms with Crippen molar-refractivity contribution in [3.63, 3.8) is 0 Å². The van der Waals surface area contributed by atoms with E-state index in [4.69, 9.17) is 11.6 Å². The van der Waals surface area contributed by atoms with Crippen molar-refractivity contribution in [1.82, 2.24) is 30.8 Å². The number of halogens is 2. The molecule has 0 radical (unpaired) electrons. The molecule has 1 heterocycles. The van der Waals surface area contributed by atoms with Crippen molar-refractivity contribution in [2.45, 2.75) is 19.4 Å². The molecule has 1 aromatic heterocycles. The molecule has 0 spiro atoms. The third kappa shape index (κ3) is 5.16. The number of nitrogens with zero attached hydrogens (tertiary/aromatic N) is 4. The zero-order chi connectivity index (χ0) is 15.9. The van der Waals surface area contributed by atoms with Gasteiger partial charge in [0.05, 0.1) is 0 Å². The Morgan fingerprint density at radius 3 is 2.61 bits per heavy atom. The third-order valence-electron chi connectivity index (χ3n) is 3.17. The van der Waals surface area contributed by atoms with Gasteiger partial charge in [0.25, 0.3) is 0 Å². The van der Waals surface area contributed by atoms with Gasteiger partial charge in [-0.2, -0.15) is 4.80 Å². The zero-order valence-electron chi connectivity index (χ0n) is 13.0. The van der Waals surface area contributed by atoms with Crippen LogP contribution in [0.5, 0.6) is 0 Å². The Labute approximate surface area is 146 Å². The lowest BCUT2D eigenvalue weighted by atomic mass is 10.2. The minimum absolute atomic E-state index is 0. The standard InChI is InChI=1S/C14H19ClN6O.ClH/c1-3-12(14(22)17-9-8-16-2)21-19-13(18-20-21)10-4-6-11(15)7-5-10;/h4-7,12,16H,3,8-9H2,1-2H3,(H,17,22);1H. The largest absolute Gasteiger partial charge is 0.353 e. The fourth-order valence-corrected chi connectivity index (χ4v) is 2.08. The fourth-order valence-electron chi connectivity index (χ4n) is 1.95. The molecule has 1 amide bonds. The van der Waals surface area contributed by atoms with Crippen LogP contribution in [0.15, 0.2) is 24.3 Å². The minimum atomic E-state index is -0.467. The number of aromatic nitrogens is 4. The monoisotopic (exact) mass is 358 g/mol. The number of nitrogens with one attached hydrogen (secondary N) is 2. The van der Waals surface area contributed by atoms with E-state index in [0.717, 1.165) is 5.56 Å². The lowest BCUT2D eigenvalue weighted by Gasteiger charge is -2.13. The summed E-state index contributed by atoms with van der Waals surface area (Å²) in [5, 5.41) is 18.8. The molecule has 1 unspecified atom stereocenters. The summed E-state index contributed by atoms with van der Waals surface area (Å²) in [6, 6.07) is 6.69. The first-order chi connectivity index (χ1) is 10.7. The van der Waals surface area contributed by atoms with Crippen molar-refractivity contribution < 1.29 is 4.79 Å². The molecule has 23 heavy (non-hydrogen) atoms. The van der Waals surface area contributed by atoms with Crippen molar-refractivity contribution in [1.29, 1.82) is 0 Å². The van der Waals surface area contributed by atoms with Gasteiger partial charge < -0.3 is 10.6 Å². The molecule has 1 atom stereocenters. The number of carbonyl (C=O) groups excluding carboxylic acids is 1. The van der Waals surface area contributed by atoms with Crippen LogP contribution in [0, 0.1) is 0 Å². The summed E-state index contributed by atoms with van der Waals surface area (Å²) < 4.78 is 0. The van der Waals surface area contributed by atoms with Crippen LogP contribution in [0.2, 0.25) is 5.02 Å². The number of hydrogen-bond donors (Lipinski definition) is 2. The maximum atomic E-state index is 12.2. The number of hydrogen-bond acceptors (Lipinski definition) is 5. The predicted molar refractivity (Wildman–Crippen MR) is 91.8 cm³/mol. The molecule has 7 nitrogen and oxygen atoms in total. The first-order valence-electron chi connectivity index (χ1n) is 7.13. The van der Waals surface area contributed by atoms with Crippen molar-refractivity contribution in [2.24, 2.45) is 0 Å². The lowest BCUT2D eigenvalue weighted by molar-refractivity contribution is -0.125. The molecule has 0 aliphatic rings. The van der Waals surface area contributed by atoms with Gasteiger partial charge in [-0.25, -0.2) is 0 Å². The van der Waals surface area contributed by atoms with Gasteiger partial charge in [-0.15, -0.1) is 22.6 Å². The van der Waals surface area contributed by atoms with E-state index in [1.807, 2.05) is 26.1 Å². The van der Waals surface area contributed by atoms with Crippen molar-refractivity contribution >= 4 is 29.9 Å². The number of tetrazole rings is 1. The van der Waals surface area contributed by atoms with Crippen LogP contribution < -0.4 is 10.6 Å². The van der Waals surface area contributed by atoms with Crippen LogP contribution in [0.3, 0.4) is 0 Å². The average molecular weight is 359 g/mol. The summed E-state index contributed by atoms with van der Waals surface area (Å²) in [5.41, 5.74) is 0.807. The van der Waals surface area contributed by atoms with Gasteiger partial charge in [0.1, 0.15) is 0 Å². The van der Waals surface area contributed by atoms with E-state index in [1.54, 1.807) is 12.1 Å². The van der Waals surface area contributed by atoms with Gasteiger partial charge >= 0.3 is 0 Å². The first-order valence-corrected chi connectivity index (χ1v) is 7.51. The van der Waals surface area contributed by atoms with Crippen molar-refractivity contribution in [3.05, 3.63) is 29.3 Å². The smallest absolute Gasteiger partial charge is 0.246 e. The number of likely N-dealkylation sites (N-methyl/N-ethyl adjacent to an activating group) is 1. The van der Waals surface area contributed by atoms with Gasteiger partial charge in [-0.1, -0.05) is 18.5 Å². The van der Waals surface area contributed by atoms with E-state index < -0.39 is 6.04 Å². The second-order valence-electron chi connectivity index (χ2n) is 4.76. The van der Waals surface area contributed by atoms with Crippen LogP contribution >= 0.6 is 24.0 Å². The predicted octanol–water partition coefficient (Wildman–Crippen LogP) is 1.70. The summed E-state index contributed by atoms with van der Waals surface area (Å²) >= 11 is 5.86. The highest BCUT2D eigenvalue weighted by Crippen LogP contribution is 2.18. The van der Waals surface area contributed by atoms with E-state index in [2.05, 4.69) is 26.0 Å². The Morgan fingerprint density at radius 2 is 2.00 bits per heavy atom. The Morgan fingerprint density at radius 1 is 1.30 bits per heavy atom. The molecular weight excluding hydrogens is 339 g/mol. The molecule has 0 aliphatic heterocycles. The first kappa shape index (κ1) is 19.3. The summed E-state index contributed by atoms with van der Waals surface area (Å²) in [4.78, 5) is 13.5. The Hall–Kier alpha value is -1.70. The van der Waals surface area contributed by atoms with Gasteiger partial charge in [-0.3, -0.25) is 4.79 Å². The molecule has 0 saturated heterocycles. The molecule has 1 aromatic carbocycles. The Bertz CT molecular complexity index is 616. The fraction of sp³-hybridized carbons (Fsp3) is 0.429. The van der Waals surface area contributed by atoms with Crippen molar-refractivity contribution in [2.75, 3.05) is 20.1 Å². The van der Waals surface area contributed by atoms with Gasteiger partial charge in [0.15, 0.2) is 6.04 Å². The summed E-state index contributed by atoms with van der Waals surface area (Å²) in [6.45, 7) is 3.18. The van der Waals surface area contributed by atoms with Crippen LogP contribution in [-0.2, 0) is 4.79 Å². The number of rotatable bonds is 7. The normalized spacial score (nSPS) is 11.6. The van der Waals surface area contributed by atoms with E-state index >= 15 is 0 Å². The van der Waals surface area contributed by atoms with E-state index in [0.29, 0.717) is 30.4 Å². The molecular formula is C14H20Cl2N6O. The molecule has 2 rings (SSSR count). The second kappa shape index (κ2) is 9.44. The van der Waals surface area contributed by atoms with E-state index in [-0.39, 0.29) is 18.3 Å². The summed E-state index contributed by atoms with van der Waals surface area (Å²) in [5.74, 6) is 0.357. The quantitative estimate of drug-likeness (QED) is 0.735. The Kier molecular flexibility index (Phi) is 7.94. The number of benzene rings is 1. The molecule has 2 aromatic rings. The van der Waals surface area contributed by atoms with Crippen LogP contribution in [-0.4, -0.2) is 46.3 Å². The Balaban J connectivity index is 0.00000264. The summed E-state index contributed by atoms with van der Waals surface area (Å²) in [7, 11) is 1.83. The van der Waals surface area contributed by atoms with Gasteiger partial charge in [0.2, 0.25) is 11.7 Å². The maximum Gasteiger partial charge on any atom is 0.246 e. The molecule has 0 fully saturated rings. The maximum absolute atomic E-state index is 12.2. The molecule has 0 bridgehead atoms. The van der Waals surface area contributed by atoms with E-state index in [1.165, 1.54) is 4.80 Å². The molecule has 9 heteroatoms. The summed E-state index contributed by atoms with van der Waals surface area (Å²) in [6.07, 6.45) is 0.585. The number of carbonyl (C=O) groups is 1. The highest BCUT2D eigenvalue weighted by Gasteiger charge is 2.21.